The van der Waals surface area contributed by atoms with Crippen molar-refractivity contribution in [3.63, 3.8) is 0 Å². The lowest BCUT2D eigenvalue weighted by atomic mass is 10.00. The molecule has 1 aliphatic rings. The molecule has 0 unspecified atom stereocenters. The number of fused-ring (bicyclic) bond motifs is 1. The summed E-state index contributed by atoms with van der Waals surface area (Å²) in [6.07, 6.45) is -3.79. The summed E-state index contributed by atoms with van der Waals surface area (Å²) in [5.74, 6) is 0.567. The molecule has 162 valence electrons. The van der Waals surface area contributed by atoms with Crippen LogP contribution < -0.4 is 0 Å². The smallest absolute Gasteiger partial charge is 0.416 e. The Morgan fingerprint density at radius 2 is 1.90 bits per heavy atom. The van der Waals surface area contributed by atoms with Gasteiger partial charge in [0.25, 0.3) is 0 Å². The van der Waals surface area contributed by atoms with Gasteiger partial charge in [-0.05, 0) is 24.2 Å². The van der Waals surface area contributed by atoms with Gasteiger partial charge < -0.3 is 10.0 Å². The van der Waals surface area contributed by atoms with Crippen molar-refractivity contribution in [1.29, 1.82) is 0 Å². The molecule has 0 aliphatic carbocycles. The van der Waals surface area contributed by atoms with Gasteiger partial charge in [0.15, 0.2) is 5.82 Å². The van der Waals surface area contributed by atoms with E-state index in [9.17, 15) is 18.3 Å². The van der Waals surface area contributed by atoms with E-state index in [-0.39, 0.29) is 5.88 Å². The summed E-state index contributed by atoms with van der Waals surface area (Å²) < 4.78 is 41.5. The standard InChI is InChI=1S/C20H24F3N5OS/c1-3-15-24-19-28(25-15)18(29)17(30-19)16(27-10-8-26(4-2)9-11-27)13-6-5-7-14(12-13)20(21,22)23/h5-7,12,16,29H,3-4,8-11H2,1-2H3/t16-/m1/s1. The second kappa shape index (κ2) is 8.16. The normalized spacial score (nSPS) is 17.6. The number of likely N-dealkylation sites (N-methyl/N-ethyl adjacent to an activating group) is 1. The maximum absolute atomic E-state index is 13.4. The van der Waals surface area contributed by atoms with Crippen LogP contribution in [0.15, 0.2) is 24.3 Å². The highest BCUT2D eigenvalue weighted by Gasteiger charge is 2.35. The lowest BCUT2D eigenvalue weighted by Gasteiger charge is -2.38. The quantitative estimate of drug-likeness (QED) is 0.655. The van der Waals surface area contributed by atoms with Crippen molar-refractivity contribution in [1.82, 2.24) is 24.4 Å². The maximum atomic E-state index is 13.4. The molecule has 1 fully saturated rings. The Labute approximate surface area is 176 Å². The van der Waals surface area contributed by atoms with E-state index >= 15 is 0 Å². The first-order valence-corrected chi connectivity index (χ1v) is 10.8. The van der Waals surface area contributed by atoms with Crippen LogP contribution in [0.5, 0.6) is 5.88 Å². The van der Waals surface area contributed by atoms with Gasteiger partial charge >= 0.3 is 6.18 Å². The lowest BCUT2D eigenvalue weighted by molar-refractivity contribution is -0.137. The summed E-state index contributed by atoms with van der Waals surface area (Å²) in [6, 6.07) is 4.88. The van der Waals surface area contributed by atoms with Crippen molar-refractivity contribution in [3.05, 3.63) is 46.1 Å². The molecule has 10 heteroatoms. The molecule has 0 bridgehead atoms. The summed E-state index contributed by atoms with van der Waals surface area (Å²) in [5.41, 5.74) is -0.185. The molecule has 3 heterocycles. The Morgan fingerprint density at radius 1 is 1.17 bits per heavy atom. The summed E-state index contributed by atoms with van der Waals surface area (Å²) >= 11 is 1.28. The average Bonchev–Trinajstić information content (AvgIpc) is 3.28. The van der Waals surface area contributed by atoms with Crippen molar-refractivity contribution in [3.8, 4) is 5.88 Å². The van der Waals surface area contributed by atoms with Crippen molar-refractivity contribution in [2.45, 2.75) is 32.5 Å². The largest absolute Gasteiger partial charge is 0.492 e. The van der Waals surface area contributed by atoms with E-state index in [4.69, 9.17) is 0 Å². The van der Waals surface area contributed by atoms with E-state index in [1.807, 2.05) is 6.92 Å². The SMILES string of the molecule is CCc1nc2sc([C@@H](c3cccc(C(F)(F)F)c3)N3CCN(CC)CC3)c(O)n2n1. The van der Waals surface area contributed by atoms with Crippen molar-refractivity contribution >= 4 is 16.3 Å². The van der Waals surface area contributed by atoms with Crippen LogP contribution in [0.4, 0.5) is 13.2 Å². The first-order valence-electron chi connectivity index (χ1n) is 10.0. The number of piperazine rings is 1. The molecule has 1 N–H and O–H groups in total. The molecule has 1 aromatic carbocycles. The molecule has 0 saturated carbocycles. The molecule has 3 aromatic rings. The molecule has 1 saturated heterocycles. The van der Waals surface area contributed by atoms with Crippen LogP contribution in [0.2, 0.25) is 0 Å². The number of hydrogen-bond acceptors (Lipinski definition) is 6. The molecule has 1 atom stereocenters. The van der Waals surface area contributed by atoms with Crippen LogP contribution in [0.1, 0.15) is 41.7 Å². The van der Waals surface area contributed by atoms with Crippen LogP contribution in [0.3, 0.4) is 0 Å². The number of aromatic nitrogens is 3. The Balaban J connectivity index is 1.79. The highest BCUT2D eigenvalue weighted by molar-refractivity contribution is 7.17. The summed E-state index contributed by atoms with van der Waals surface area (Å²) in [4.78, 5) is 9.96. The third kappa shape index (κ3) is 3.91. The number of rotatable bonds is 5. The van der Waals surface area contributed by atoms with Crippen molar-refractivity contribution in [2.24, 2.45) is 0 Å². The Bertz CT molecular complexity index is 1020. The van der Waals surface area contributed by atoms with Gasteiger partial charge in [-0.1, -0.05) is 37.3 Å². The number of aromatic hydroxyl groups is 1. The fourth-order valence-corrected chi connectivity index (χ4v) is 5.01. The second-order valence-electron chi connectivity index (χ2n) is 7.36. The minimum atomic E-state index is -4.43. The molecule has 30 heavy (non-hydrogen) atoms. The summed E-state index contributed by atoms with van der Waals surface area (Å²) in [5, 5.41) is 15.2. The zero-order valence-electron chi connectivity index (χ0n) is 16.9. The fourth-order valence-electron chi connectivity index (χ4n) is 3.87. The van der Waals surface area contributed by atoms with Crippen molar-refractivity contribution in [2.75, 3.05) is 32.7 Å². The maximum Gasteiger partial charge on any atom is 0.416 e. The van der Waals surface area contributed by atoms with Crippen LogP contribution in [-0.4, -0.2) is 62.2 Å². The van der Waals surface area contributed by atoms with E-state index in [1.165, 1.54) is 28.0 Å². The van der Waals surface area contributed by atoms with Gasteiger partial charge in [-0.3, -0.25) is 4.90 Å². The van der Waals surface area contributed by atoms with Gasteiger partial charge in [-0.25, -0.2) is 4.98 Å². The van der Waals surface area contributed by atoms with E-state index in [2.05, 4.69) is 26.8 Å². The van der Waals surface area contributed by atoms with E-state index in [0.29, 0.717) is 40.7 Å². The predicted molar refractivity (Wildman–Crippen MR) is 109 cm³/mol. The minimum Gasteiger partial charge on any atom is -0.492 e. The number of nitrogens with zero attached hydrogens (tertiary/aromatic N) is 5. The van der Waals surface area contributed by atoms with Crippen LogP contribution in [0.25, 0.3) is 4.96 Å². The van der Waals surface area contributed by atoms with Gasteiger partial charge in [-0.15, -0.1) is 5.10 Å². The number of benzene rings is 1. The van der Waals surface area contributed by atoms with Gasteiger partial charge in [0.05, 0.1) is 16.5 Å². The third-order valence-corrected chi connectivity index (χ3v) is 6.63. The highest BCUT2D eigenvalue weighted by atomic mass is 32.1. The average molecular weight is 440 g/mol. The molecule has 1 aliphatic heterocycles. The Hall–Kier alpha value is -2.17. The molecule has 2 aromatic heterocycles. The molecule has 0 radical (unpaired) electrons. The van der Waals surface area contributed by atoms with Gasteiger partial charge in [-0.2, -0.15) is 17.7 Å². The number of hydrogen-bond donors (Lipinski definition) is 1. The molecular weight excluding hydrogens is 415 g/mol. The third-order valence-electron chi connectivity index (χ3n) is 5.56. The molecule has 6 nitrogen and oxygen atoms in total. The topological polar surface area (TPSA) is 56.9 Å². The monoisotopic (exact) mass is 439 g/mol. The molecule has 0 amide bonds. The van der Waals surface area contributed by atoms with E-state index < -0.39 is 17.8 Å². The summed E-state index contributed by atoms with van der Waals surface area (Å²) in [6.45, 7) is 8.00. The van der Waals surface area contributed by atoms with E-state index in [0.717, 1.165) is 25.7 Å². The number of thiazole rings is 1. The predicted octanol–water partition coefficient (Wildman–Crippen LogP) is 3.80. The lowest BCUT2D eigenvalue weighted by Crippen LogP contribution is -2.47. The number of aryl methyl sites for hydroxylation is 1. The van der Waals surface area contributed by atoms with Crippen molar-refractivity contribution < 1.29 is 18.3 Å². The first kappa shape index (κ1) is 21.1. The highest BCUT2D eigenvalue weighted by Crippen LogP contribution is 2.41. The zero-order chi connectivity index (χ0) is 21.5. The second-order valence-corrected chi connectivity index (χ2v) is 8.37. The number of halogens is 3. The van der Waals surface area contributed by atoms with Crippen LogP contribution >= 0.6 is 11.3 Å². The van der Waals surface area contributed by atoms with Crippen LogP contribution in [0, 0.1) is 0 Å². The molecular formula is C20H24F3N5OS. The van der Waals surface area contributed by atoms with Gasteiger partial charge in [0.2, 0.25) is 10.8 Å². The van der Waals surface area contributed by atoms with Gasteiger partial charge in [0.1, 0.15) is 0 Å². The first-order chi connectivity index (χ1) is 14.3. The molecule has 4 rings (SSSR count). The van der Waals surface area contributed by atoms with Gasteiger partial charge in [0, 0.05) is 32.6 Å². The summed E-state index contributed by atoms with van der Waals surface area (Å²) in [7, 11) is 0. The minimum absolute atomic E-state index is 0.0532. The zero-order valence-corrected chi connectivity index (χ0v) is 17.7. The molecule has 0 spiro atoms. The van der Waals surface area contributed by atoms with Crippen LogP contribution in [-0.2, 0) is 12.6 Å². The fraction of sp³-hybridized carbons (Fsp3) is 0.500. The Kier molecular flexibility index (Phi) is 5.73. The Morgan fingerprint density at radius 3 is 2.50 bits per heavy atom. The number of alkyl halides is 3. The van der Waals surface area contributed by atoms with E-state index in [1.54, 1.807) is 6.07 Å².